The average molecular weight is 419 g/mol. The highest BCUT2D eigenvalue weighted by Gasteiger charge is 2.32. The Kier molecular flexibility index (Phi) is 5.50. The van der Waals surface area contributed by atoms with Gasteiger partial charge < -0.3 is 19.3 Å². The third kappa shape index (κ3) is 3.79. The molecule has 1 aliphatic rings. The van der Waals surface area contributed by atoms with E-state index < -0.39 is 11.3 Å². The summed E-state index contributed by atoms with van der Waals surface area (Å²) in [5.41, 5.74) is 2.16. The molecule has 1 amide bonds. The van der Waals surface area contributed by atoms with Crippen LogP contribution in [0.15, 0.2) is 53.3 Å². The first-order valence-corrected chi connectivity index (χ1v) is 10.3. The highest BCUT2D eigenvalue weighted by atomic mass is 16.5. The van der Waals surface area contributed by atoms with E-state index >= 15 is 0 Å². The van der Waals surface area contributed by atoms with Gasteiger partial charge in [0.05, 0.1) is 7.11 Å². The molecule has 0 saturated carbocycles. The van der Waals surface area contributed by atoms with Crippen LogP contribution in [-0.2, 0) is 13.0 Å². The lowest BCUT2D eigenvalue weighted by Gasteiger charge is -2.34. The van der Waals surface area contributed by atoms with E-state index in [9.17, 15) is 14.7 Å². The molecular weight excluding hydrogens is 394 g/mol. The molecule has 1 aromatic heterocycles. The van der Waals surface area contributed by atoms with Gasteiger partial charge in [0.25, 0.3) is 5.91 Å². The fourth-order valence-corrected chi connectivity index (χ4v) is 4.03. The minimum atomic E-state index is -0.788. The quantitative estimate of drug-likeness (QED) is 0.687. The largest absolute Gasteiger partial charge is 0.501 e. The summed E-state index contributed by atoms with van der Waals surface area (Å²) in [6, 6.07) is 15.7. The molecule has 0 saturated heterocycles. The van der Waals surface area contributed by atoms with Crippen molar-refractivity contribution in [3.8, 4) is 22.6 Å². The maximum atomic E-state index is 13.0. The number of aromatic hydroxyl groups is 1. The lowest BCUT2D eigenvalue weighted by atomic mass is 9.97. The zero-order valence-electron chi connectivity index (χ0n) is 17.8. The highest BCUT2D eigenvalue weighted by molar-refractivity contribution is 5.95. The maximum Gasteiger partial charge on any atom is 0.315 e. The summed E-state index contributed by atoms with van der Waals surface area (Å²) < 4.78 is 7.08. The maximum absolute atomic E-state index is 13.0. The van der Waals surface area contributed by atoms with Gasteiger partial charge in [-0.2, -0.15) is 4.98 Å². The van der Waals surface area contributed by atoms with Crippen LogP contribution in [0.2, 0.25) is 0 Å². The molecule has 0 bridgehead atoms. The Morgan fingerprint density at radius 2 is 1.84 bits per heavy atom. The monoisotopic (exact) mass is 419 g/mol. The molecule has 7 heteroatoms. The number of aromatic nitrogens is 2. The molecule has 0 fully saturated rings. The van der Waals surface area contributed by atoms with Crippen molar-refractivity contribution in [1.82, 2.24) is 14.5 Å². The molecule has 0 radical (unpaired) electrons. The Balaban J connectivity index is 1.84. The lowest BCUT2D eigenvalue weighted by Crippen LogP contribution is -2.46. The molecule has 2 aromatic carbocycles. The second kappa shape index (κ2) is 8.26. The minimum Gasteiger partial charge on any atom is -0.501 e. The van der Waals surface area contributed by atoms with Gasteiger partial charge in [0.1, 0.15) is 11.6 Å². The number of carbonyl (C=O) groups excluding carboxylic acids is 1. The Bertz CT molecular complexity index is 1190. The zero-order chi connectivity index (χ0) is 22.1. The van der Waals surface area contributed by atoms with Gasteiger partial charge in [-0.3, -0.25) is 9.59 Å². The fraction of sp³-hybridized carbons (Fsp3) is 0.292. The van der Waals surface area contributed by atoms with E-state index in [2.05, 4.69) is 4.98 Å². The molecule has 0 aliphatic carbocycles. The predicted molar refractivity (Wildman–Crippen MR) is 118 cm³/mol. The summed E-state index contributed by atoms with van der Waals surface area (Å²) in [6.07, 6.45) is 0.318. The van der Waals surface area contributed by atoms with Crippen molar-refractivity contribution in [3.63, 3.8) is 0 Å². The van der Waals surface area contributed by atoms with Crippen LogP contribution in [0.5, 0.6) is 11.5 Å². The van der Waals surface area contributed by atoms with E-state index in [1.807, 2.05) is 62.4 Å². The van der Waals surface area contributed by atoms with E-state index in [4.69, 9.17) is 4.74 Å². The van der Waals surface area contributed by atoms with E-state index in [-0.39, 0.29) is 17.6 Å². The number of hydrogen-bond donors (Lipinski definition) is 1. The van der Waals surface area contributed by atoms with Gasteiger partial charge in [-0.25, -0.2) is 0 Å². The Hall–Kier alpha value is -3.61. The normalized spacial score (nSPS) is 13.4. The van der Waals surface area contributed by atoms with Gasteiger partial charge in [-0.15, -0.1) is 0 Å². The molecule has 3 aromatic rings. The minimum absolute atomic E-state index is 0.0131. The summed E-state index contributed by atoms with van der Waals surface area (Å²) >= 11 is 0. The van der Waals surface area contributed by atoms with Crippen LogP contribution < -0.4 is 10.3 Å². The standard InChI is InChI=1S/C24H25N3O4/c1-15(2)26-11-12-27-20(25-23(29)22(28)21(27)24(26)30)14-17-13-18(31-3)9-10-19(17)16-7-5-4-6-8-16/h4-10,13,15,28H,11-12,14H2,1-3H3. The number of fused-ring (bicyclic) bond motifs is 1. The van der Waals surface area contributed by atoms with Gasteiger partial charge in [0, 0.05) is 25.6 Å². The summed E-state index contributed by atoms with van der Waals surface area (Å²) in [7, 11) is 1.60. The number of nitrogens with zero attached hydrogens (tertiary/aromatic N) is 3. The van der Waals surface area contributed by atoms with Crippen LogP contribution in [0, 0.1) is 0 Å². The topological polar surface area (TPSA) is 84.7 Å². The Labute approximate surface area is 180 Å². The fourth-order valence-electron chi connectivity index (χ4n) is 4.03. The predicted octanol–water partition coefficient (Wildman–Crippen LogP) is 3.08. The number of amides is 1. The summed E-state index contributed by atoms with van der Waals surface area (Å²) in [5, 5.41) is 10.4. The van der Waals surface area contributed by atoms with Gasteiger partial charge in [-0.05, 0) is 42.7 Å². The van der Waals surface area contributed by atoms with Gasteiger partial charge >= 0.3 is 5.56 Å². The first kappa shape index (κ1) is 20.7. The van der Waals surface area contributed by atoms with Crippen molar-refractivity contribution in [2.24, 2.45) is 0 Å². The van der Waals surface area contributed by atoms with Crippen molar-refractivity contribution in [1.29, 1.82) is 0 Å². The van der Waals surface area contributed by atoms with Crippen LogP contribution in [0.25, 0.3) is 11.1 Å². The Morgan fingerprint density at radius 3 is 2.52 bits per heavy atom. The summed E-state index contributed by atoms with van der Waals surface area (Å²) in [4.78, 5) is 31.2. The molecule has 31 heavy (non-hydrogen) atoms. The van der Waals surface area contributed by atoms with Crippen molar-refractivity contribution in [2.75, 3.05) is 13.7 Å². The highest BCUT2D eigenvalue weighted by Crippen LogP contribution is 2.30. The van der Waals surface area contributed by atoms with Crippen molar-refractivity contribution in [2.45, 2.75) is 32.9 Å². The van der Waals surface area contributed by atoms with Crippen LogP contribution >= 0.6 is 0 Å². The van der Waals surface area contributed by atoms with Gasteiger partial charge in [0.2, 0.25) is 5.75 Å². The molecule has 1 aliphatic heterocycles. The molecule has 0 atom stereocenters. The number of benzene rings is 2. The van der Waals surface area contributed by atoms with Crippen molar-refractivity contribution < 1.29 is 14.6 Å². The van der Waals surface area contributed by atoms with E-state index in [1.54, 1.807) is 16.6 Å². The van der Waals surface area contributed by atoms with Crippen LogP contribution in [-0.4, -0.2) is 45.2 Å². The van der Waals surface area contributed by atoms with Crippen LogP contribution in [0.4, 0.5) is 0 Å². The molecule has 160 valence electrons. The number of ether oxygens (including phenoxy) is 1. The van der Waals surface area contributed by atoms with Crippen molar-refractivity contribution in [3.05, 3.63) is 76.0 Å². The number of carbonyl (C=O) groups is 1. The third-order valence-electron chi connectivity index (χ3n) is 5.64. The molecule has 4 rings (SSSR count). The van der Waals surface area contributed by atoms with Crippen LogP contribution in [0.3, 0.4) is 0 Å². The summed E-state index contributed by atoms with van der Waals surface area (Å²) in [5.74, 6) is 0.193. The average Bonchev–Trinajstić information content (AvgIpc) is 2.77. The molecule has 7 nitrogen and oxygen atoms in total. The van der Waals surface area contributed by atoms with Gasteiger partial charge in [0.15, 0.2) is 5.69 Å². The van der Waals surface area contributed by atoms with Crippen LogP contribution in [0.1, 0.15) is 35.7 Å². The first-order valence-electron chi connectivity index (χ1n) is 10.3. The van der Waals surface area contributed by atoms with Crippen molar-refractivity contribution >= 4 is 5.91 Å². The lowest BCUT2D eigenvalue weighted by molar-refractivity contribution is 0.0638. The van der Waals surface area contributed by atoms with E-state index in [1.165, 1.54) is 0 Å². The molecule has 1 N–H and O–H groups in total. The first-order chi connectivity index (χ1) is 14.9. The molecule has 0 unspecified atom stereocenters. The number of hydrogen-bond acceptors (Lipinski definition) is 5. The second-order valence-electron chi connectivity index (χ2n) is 7.84. The van der Waals surface area contributed by atoms with E-state index in [0.717, 1.165) is 16.7 Å². The number of rotatable bonds is 5. The third-order valence-corrected chi connectivity index (χ3v) is 5.64. The zero-order valence-corrected chi connectivity index (χ0v) is 17.8. The van der Waals surface area contributed by atoms with Gasteiger partial charge in [-0.1, -0.05) is 36.4 Å². The number of methoxy groups -OCH3 is 1. The smallest absolute Gasteiger partial charge is 0.315 e. The second-order valence-corrected chi connectivity index (χ2v) is 7.84. The van der Waals surface area contributed by atoms with E-state index in [0.29, 0.717) is 31.1 Å². The molecule has 0 spiro atoms. The SMILES string of the molecule is COc1ccc(-c2ccccc2)c(Cc2nc(=O)c(O)c3n2CCN(C(C)C)C3=O)c1. The molecular formula is C24H25N3O4. The Morgan fingerprint density at radius 1 is 1.10 bits per heavy atom. The summed E-state index contributed by atoms with van der Waals surface area (Å²) in [6.45, 7) is 4.77. The molecule has 2 heterocycles.